The number of carbonyl (C=O) groups is 2. The normalized spacial score (nSPS) is 51.1. The Morgan fingerprint density at radius 2 is 1.31 bits per heavy atom. The average Bonchev–Trinajstić information content (AvgIpc) is 1.54. The number of phenols is 2. The zero-order chi connectivity index (χ0) is 62.2. The van der Waals surface area contributed by atoms with Crippen molar-refractivity contribution in [3.63, 3.8) is 0 Å². The van der Waals surface area contributed by atoms with E-state index in [-0.39, 0.29) is 43.2 Å². The van der Waals surface area contributed by atoms with Crippen LogP contribution in [0, 0.1) is 6.92 Å². The highest BCUT2D eigenvalue weighted by Crippen LogP contribution is 2.53. The van der Waals surface area contributed by atoms with Gasteiger partial charge in [-0.2, -0.15) is 0 Å². The molecule has 10 aliphatic rings. The summed E-state index contributed by atoms with van der Waals surface area (Å²) in [6.07, 6.45) is -37.3. The van der Waals surface area contributed by atoms with E-state index in [0.29, 0.717) is 0 Å². The van der Waals surface area contributed by atoms with Gasteiger partial charge >= 0.3 is 11.9 Å². The molecule has 0 aliphatic carbocycles. The summed E-state index contributed by atoms with van der Waals surface area (Å²) in [6.45, 7) is 10.4. The third-order valence-electron chi connectivity index (χ3n) is 17.9. The van der Waals surface area contributed by atoms with Crippen LogP contribution in [0.1, 0.15) is 83.7 Å². The van der Waals surface area contributed by atoms with E-state index < -0.39 is 229 Å². The zero-order valence-corrected chi connectivity index (χ0v) is 49.2. The number of aromatic hydroxyl groups is 2. The fraction of sp³-hybridized carbons (Fsp3) is 0.849. The molecule has 0 aromatic heterocycles. The van der Waals surface area contributed by atoms with E-state index in [4.69, 9.17) is 108 Å². The minimum absolute atomic E-state index is 0.0155. The van der Waals surface area contributed by atoms with Crippen molar-refractivity contribution in [3.8, 4) is 11.5 Å². The number of ether oxygens (including phenoxy) is 18. The summed E-state index contributed by atoms with van der Waals surface area (Å²) in [7, 11) is 0. The molecule has 86 heavy (non-hydrogen) atoms. The van der Waals surface area contributed by atoms with Gasteiger partial charge in [0.05, 0.1) is 67.4 Å². The maximum Gasteiger partial charge on any atom is 0.342 e. The number of halogens is 2. The average molecular weight is 1280 g/mol. The first-order chi connectivity index (χ1) is 40.4. The number of carbonyl (C=O) groups excluding carboxylic acids is 2. The van der Waals surface area contributed by atoms with Crippen molar-refractivity contribution in [3.05, 3.63) is 21.2 Å². The maximum absolute atomic E-state index is 13.2. The smallest absolute Gasteiger partial charge is 0.342 e. The lowest BCUT2D eigenvalue weighted by atomic mass is 9.81. The molecule has 10 heterocycles. The Hall–Kier alpha value is -2.50. The second-order valence-electron chi connectivity index (χ2n) is 23.8. The van der Waals surface area contributed by atoms with Crippen LogP contribution < -0.4 is 0 Å². The summed E-state index contributed by atoms with van der Waals surface area (Å²) < 4.78 is 108. The standard InChI is InChI=1S/C53H74Cl2O31/c1-15-28(32(61)30(55)33(62)29(15)54)46(67)78-38-17(3)72-26(9-22(38)58)76-39-18(4)81-51(10-23(39)59)85-43-19(5)73-27(11-50(43,8)86-51)77-42-31(60)16(2)74-49(37(42)66)79-40-24(12-56)75-48(35(64)34(40)63)80-47-36(65)41-25(13-69-47)83-53(84-41)45-44(70-14-71-45)52(68,20(6)57)21(7)82-53/h16-19,21-27,31,34-45,47-49,56,58-66,68H,9-14H2,1-8H3/t16-,17-,18-,19-,21-,22-,23-,24-,25+,26+,27+,31+,34-,35+,36-,37-,38-,39-,40-,41-,42+,43-,44-,45-,47-,48+,49+,50-,51?,52+,53-/m1/s1. The molecular weight excluding hydrogens is 1200 g/mol. The fourth-order valence-corrected chi connectivity index (χ4v) is 13.7. The predicted molar refractivity (Wildman–Crippen MR) is 275 cm³/mol. The number of benzene rings is 1. The highest BCUT2D eigenvalue weighted by atomic mass is 35.5. The fourth-order valence-electron chi connectivity index (χ4n) is 13.3. The lowest BCUT2D eigenvalue weighted by molar-refractivity contribution is -0.428. The quantitative estimate of drug-likeness (QED) is 0.0970. The molecule has 0 amide bonds. The number of aliphatic hydroxyl groups is 9. The van der Waals surface area contributed by atoms with E-state index in [2.05, 4.69) is 0 Å². The van der Waals surface area contributed by atoms with Crippen molar-refractivity contribution in [2.45, 2.75) is 264 Å². The van der Waals surface area contributed by atoms with Crippen LogP contribution in [0.5, 0.6) is 11.5 Å². The molecule has 2 spiro atoms. The summed E-state index contributed by atoms with van der Waals surface area (Å²) in [5.41, 5.74) is -3.81. The van der Waals surface area contributed by atoms with Gasteiger partial charge in [0.25, 0.3) is 5.97 Å². The van der Waals surface area contributed by atoms with Crippen molar-refractivity contribution in [1.82, 2.24) is 0 Å². The topological polar surface area (TPSA) is 423 Å². The maximum atomic E-state index is 13.2. The largest absolute Gasteiger partial charge is 0.505 e. The van der Waals surface area contributed by atoms with Crippen molar-refractivity contribution >= 4 is 35.0 Å². The van der Waals surface area contributed by atoms with E-state index in [0.717, 1.165) is 0 Å². The molecule has 1 unspecified atom stereocenters. The monoisotopic (exact) mass is 1280 g/mol. The number of hydrogen-bond acceptors (Lipinski definition) is 31. The van der Waals surface area contributed by atoms with Crippen LogP contribution in [-0.4, -0.2) is 277 Å². The van der Waals surface area contributed by atoms with Gasteiger partial charge < -0.3 is 141 Å². The van der Waals surface area contributed by atoms with Crippen LogP contribution in [0.2, 0.25) is 10.0 Å². The highest BCUT2D eigenvalue weighted by molar-refractivity contribution is 6.39. The van der Waals surface area contributed by atoms with Gasteiger partial charge in [-0.25, -0.2) is 4.79 Å². The minimum Gasteiger partial charge on any atom is -0.505 e. The molecule has 31 atom stereocenters. The molecule has 31 nitrogen and oxygen atoms in total. The molecule has 0 saturated carbocycles. The summed E-state index contributed by atoms with van der Waals surface area (Å²) in [6, 6.07) is 0. The molecule has 11 rings (SSSR count). The molecule has 33 heteroatoms. The predicted octanol–water partition coefficient (Wildman–Crippen LogP) is -2.42. The zero-order valence-electron chi connectivity index (χ0n) is 47.7. The molecule has 1 aromatic carbocycles. The van der Waals surface area contributed by atoms with Crippen molar-refractivity contribution in [2.24, 2.45) is 0 Å². The van der Waals surface area contributed by atoms with E-state index in [1.807, 2.05) is 0 Å². The van der Waals surface area contributed by atoms with Crippen LogP contribution >= 0.6 is 23.2 Å². The summed E-state index contributed by atoms with van der Waals surface area (Å²) >= 11 is 12.1. The number of esters is 1. The van der Waals surface area contributed by atoms with Crippen LogP contribution in [0.3, 0.4) is 0 Å². The molecule has 486 valence electrons. The Bertz CT molecular complexity index is 2610. The van der Waals surface area contributed by atoms with Crippen LogP contribution in [-0.2, 0) is 90.1 Å². The van der Waals surface area contributed by atoms with Crippen molar-refractivity contribution in [1.29, 1.82) is 0 Å². The number of aliphatic hydroxyl groups excluding tert-OH is 8. The Kier molecular flexibility index (Phi) is 18.3. The summed E-state index contributed by atoms with van der Waals surface area (Å²) in [5, 5.41) is 122. The van der Waals surface area contributed by atoms with Gasteiger partial charge in [-0.15, -0.1) is 0 Å². The number of ketones is 1. The lowest BCUT2D eigenvalue weighted by Gasteiger charge is -2.49. The van der Waals surface area contributed by atoms with Gasteiger partial charge in [-0.05, 0) is 61.0 Å². The van der Waals surface area contributed by atoms with E-state index in [1.54, 1.807) is 20.8 Å². The lowest BCUT2D eigenvalue weighted by Crippen LogP contribution is -2.72. The van der Waals surface area contributed by atoms with E-state index >= 15 is 0 Å². The molecule has 0 radical (unpaired) electrons. The third-order valence-corrected chi connectivity index (χ3v) is 18.7. The number of phenolic OH excluding ortho intramolecular Hbond substituents is 2. The van der Waals surface area contributed by atoms with E-state index in [1.165, 1.54) is 34.6 Å². The first-order valence-corrected chi connectivity index (χ1v) is 29.1. The first-order valence-electron chi connectivity index (χ1n) is 28.3. The summed E-state index contributed by atoms with van der Waals surface area (Å²) in [5.74, 6) is -7.05. The molecule has 1 aromatic rings. The van der Waals surface area contributed by atoms with Gasteiger partial charge in [0.1, 0.15) is 102 Å². The van der Waals surface area contributed by atoms with Gasteiger partial charge in [-0.3, -0.25) is 4.79 Å². The molecule has 10 saturated heterocycles. The second-order valence-corrected chi connectivity index (χ2v) is 24.5. The van der Waals surface area contributed by atoms with Crippen LogP contribution in [0.4, 0.5) is 0 Å². The number of rotatable bonds is 12. The Labute approximate surface area is 500 Å². The minimum atomic E-state index is -2.12. The Morgan fingerprint density at radius 3 is 2.00 bits per heavy atom. The summed E-state index contributed by atoms with van der Waals surface area (Å²) in [4.78, 5) is 25.8. The Balaban J connectivity index is 0.680. The Morgan fingerprint density at radius 1 is 0.628 bits per heavy atom. The van der Waals surface area contributed by atoms with Crippen molar-refractivity contribution in [2.75, 3.05) is 20.0 Å². The number of Topliss-reactive ketones (excluding diaryl/α,β-unsaturated/α-hetero) is 1. The SMILES string of the molecule is CC(=O)[C@@]1(O)[C@@H]2OCO[C@H]2[C@@]2(O[C@H]3[C@@H](O)[C@@H](O[C@@H]4O[C@H](CO)[C@@H](O[C@@H]5O[C@H](C)[C@H](O)[C@H](O[C@H]6C[C@@]7(C)OC8(C[C@@H](O)[C@H](O[C@H]9C[C@@H](O)[C@H](OC(=O)c%10c(C)c(Cl)c(O)c(Cl)c%10O)[C@@H](C)O9)[C@@H](C)O8)O[C@@H]7[C@@H](C)O6)[C@H]5O)[C@H](O)[C@@H]4O)OC[C@@H]3O2)O[C@@H]1C. The molecule has 10 fully saturated rings. The molecule has 10 aliphatic heterocycles. The van der Waals surface area contributed by atoms with Crippen LogP contribution in [0.15, 0.2) is 0 Å². The second kappa shape index (κ2) is 24.2. The van der Waals surface area contributed by atoms with Gasteiger partial charge in [0.2, 0.25) is 0 Å². The molecule has 0 bridgehead atoms. The molecular formula is C53H74Cl2O31. The van der Waals surface area contributed by atoms with Gasteiger partial charge in [-0.1, -0.05) is 23.2 Å². The van der Waals surface area contributed by atoms with Gasteiger partial charge in [0, 0.05) is 12.8 Å². The van der Waals surface area contributed by atoms with Gasteiger partial charge in [0.15, 0.2) is 66.5 Å². The molecule has 11 N–H and O–H groups in total. The highest BCUT2D eigenvalue weighted by Gasteiger charge is 2.72. The van der Waals surface area contributed by atoms with Crippen LogP contribution in [0.25, 0.3) is 0 Å². The number of hydrogen-bond donors (Lipinski definition) is 11. The first kappa shape index (κ1) is 65.0. The van der Waals surface area contributed by atoms with Crippen molar-refractivity contribution < 1.29 is 151 Å². The number of fused-ring (bicyclic) bond motifs is 4. The third kappa shape index (κ3) is 11.2. The van der Waals surface area contributed by atoms with E-state index in [9.17, 15) is 65.8 Å².